The molecule has 0 aliphatic rings. The molecule has 0 amide bonds. The molecule has 3 N–H and O–H groups in total. The highest BCUT2D eigenvalue weighted by atomic mass is 35.5. The minimum Gasteiger partial charge on any atom is -0.505 e. The second kappa shape index (κ2) is 10.4. The maximum Gasteiger partial charge on any atom is 0.240 e. The lowest BCUT2D eigenvalue weighted by Crippen LogP contribution is -2.26. The van der Waals surface area contributed by atoms with Crippen molar-refractivity contribution in [2.75, 3.05) is 18.4 Å². The minimum absolute atomic E-state index is 0.145. The minimum atomic E-state index is -3.63. The van der Waals surface area contributed by atoms with Crippen LogP contribution in [0.4, 0.5) is 10.3 Å². The molecule has 2 aromatic carbocycles. The highest BCUT2D eigenvalue weighted by Crippen LogP contribution is 2.35. The van der Waals surface area contributed by atoms with E-state index in [0.29, 0.717) is 46.6 Å². The summed E-state index contributed by atoms with van der Waals surface area (Å²) in [6.45, 7) is 0.638. The Kier molecular flexibility index (Phi) is 7.07. The Labute approximate surface area is 220 Å². The lowest BCUT2D eigenvalue weighted by Gasteiger charge is -2.09. The van der Waals surface area contributed by atoms with Gasteiger partial charge in [0, 0.05) is 41.4 Å². The summed E-state index contributed by atoms with van der Waals surface area (Å²) in [6, 6.07) is 11.8. The SMILES string of the molecule is O=S(=O)(NCCCNc1nccc(-c2c(-c3ccc(F)c(O)c3)nc3sccn23)n1)c1ccc(Cl)cc1. The van der Waals surface area contributed by atoms with E-state index in [1.807, 2.05) is 16.0 Å². The largest absolute Gasteiger partial charge is 0.505 e. The van der Waals surface area contributed by atoms with Crippen molar-refractivity contribution in [2.24, 2.45) is 0 Å². The fraction of sp³-hybridized carbons (Fsp3) is 0.125. The molecular weight excluding hydrogens is 539 g/mol. The number of hydrogen-bond acceptors (Lipinski definition) is 8. The van der Waals surface area contributed by atoms with Gasteiger partial charge >= 0.3 is 0 Å². The standard InChI is InChI=1S/C24H20ClFN6O3S2/c25-16-3-5-17(6-4-16)37(34,35)29-10-1-9-27-23-28-11-8-19(30-23)22-21(31-24-32(22)12-13-36-24)15-2-7-18(26)20(33)14-15/h2-8,11-14,29,33H,1,9-10H2,(H,27,28,30). The van der Waals surface area contributed by atoms with Gasteiger partial charge in [-0.2, -0.15) is 0 Å². The molecule has 3 aromatic heterocycles. The van der Waals surface area contributed by atoms with Crippen molar-refractivity contribution in [3.8, 4) is 28.4 Å². The molecule has 5 rings (SSSR count). The number of thiazole rings is 1. The number of imidazole rings is 1. The zero-order valence-electron chi connectivity index (χ0n) is 19.1. The van der Waals surface area contributed by atoms with Crippen molar-refractivity contribution >= 4 is 43.9 Å². The Morgan fingerprint density at radius 1 is 1.08 bits per heavy atom. The highest BCUT2D eigenvalue weighted by molar-refractivity contribution is 7.89. The number of anilines is 1. The maximum absolute atomic E-state index is 13.6. The summed E-state index contributed by atoms with van der Waals surface area (Å²) in [6.07, 6.45) is 3.95. The van der Waals surface area contributed by atoms with Crippen molar-refractivity contribution in [2.45, 2.75) is 11.3 Å². The van der Waals surface area contributed by atoms with Crippen molar-refractivity contribution in [1.29, 1.82) is 0 Å². The van der Waals surface area contributed by atoms with Gasteiger partial charge in [-0.25, -0.2) is 32.5 Å². The molecule has 0 aliphatic carbocycles. The van der Waals surface area contributed by atoms with Crippen molar-refractivity contribution in [3.63, 3.8) is 0 Å². The molecule has 0 spiro atoms. The van der Waals surface area contributed by atoms with E-state index in [0.717, 1.165) is 4.96 Å². The van der Waals surface area contributed by atoms with Crippen LogP contribution in [-0.4, -0.2) is 46.0 Å². The number of rotatable bonds is 9. The number of aromatic hydroxyl groups is 1. The van der Waals surface area contributed by atoms with Crippen LogP contribution in [0.1, 0.15) is 6.42 Å². The zero-order valence-corrected chi connectivity index (χ0v) is 21.5. The summed E-state index contributed by atoms with van der Waals surface area (Å²) >= 11 is 7.26. The van der Waals surface area contributed by atoms with Gasteiger partial charge in [0.15, 0.2) is 16.5 Å². The van der Waals surface area contributed by atoms with Gasteiger partial charge in [-0.1, -0.05) is 11.6 Å². The van der Waals surface area contributed by atoms with E-state index in [-0.39, 0.29) is 11.4 Å². The van der Waals surface area contributed by atoms with E-state index >= 15 is 0 Å². The van der Waals surface area contributed by atoms with Gasteiger partial charge in [0.05, 0.1) is 16.3 Å². The molecule has 0 radical (unpaired) electrons. The van der Waals surface area contributed by atoms with Crippen LogP contribution in [-0.2, 0) is 10.0 Å². The molecule has 0 unspecified atom stereocenters. The molecule has 0 fully saturated rings. The number of sulfonamides is 1. The molecular formula is C24H20ClFN6O3S2. The lowest BCUT2D eigenvalue weighted by atomic mass is 10.1. The van der Waals surface area contributed by atoms with E-state index < -0.39 is 21.6 Å². The van der Waals surface area contributed by atoms with Crippen LogP contribution < -0.4 is 10.0 Å². The predicted molar refractivity (Wildman–Crippen MR) is 141 cm³/mol. The summed E-state index contributed by atoms with van der Waals surface area (Å²) in [7, 11) is -3.63. The lowest BCUT2D eigenvalue weighted by molar-refractivity contribution is 0.432. The number of aromatic nitrogens is 4. The number of benzene rings is 2. The van der Waals surface area contributed by atoms with Crippen LogP contribution in [0.2, 0.25) is 5.02 Å². The normalized spacial score (nSPS) is 11.7. The summed E-state index contributed by atoms with van der Waals surface area (Å²) in [5.74, 6) is -0.817. The van der Waals surface area contributed by atoms with Crippen LogP contribution in [0.5, 0.6) is 5.75 Å². The number of nitrogens with one attached hydrogen (secondary N) is 2. The first-order valence-electron chi connectivity index (χ1n) is 11.1. The highest BCUT2D eigenvalue weighted by Gasteiger charge is 2.19. The predicted octanol–water partition coefficient (Wildman–Crippen LogP) is 4.80. The Morgan fingerprint density at radius 2 is 1.89 bits per heavy atom. The summed E-state index contributed by atoms with van der Waals surface area (Å²) in [5, 5.41) is 15.3. The third-order valence-corrected chi connectivity index (χ3v) is 7.92. The van der Waals surface area contributed by atoms with Crippen LogP contribution in [0.3, 0.4) is 0 Å². The molecule has 37 heavy (non-hydrogen) atoms. The smallest absolute Gasteiger partial charge is 0.240 e. The summed E-state index contributed by atoms with van der Waals surface area (Å²) in [4.78, 5) is 14.4. The van der Waals surface area contributed by atoms with Gasteiger partial charge in [0.1, 0.15) is 5.69 Å². The summed E-state index contributed by atoms with van der Waals surface area (Å²) in [5.41, 5.74) is 2.34. The van der Waals surface area contributed by atoms with Crippen LogP contribution in [0.25, 0.3) is 27.6 Å². The van der Waals surface area contributed by atoms with Crippen molar-refractivity contribution in [1.82, 2.24) is 24.1 Å². The number of halogens is 2. The van der Waals surface area contributed by atoms with E-state index in [2.05, 4.69) is 25.0 Å². The third kappa shape index (κ3) is 5.42. The van der Waals surface area contributed by atoms with E-state index in [1.54, 1.807) is 18.3 Å². The van der Waals surface area contributed by atoms with Crippen molar-refractivity contribution < 1.29 is 17.9 Å². The molecule has 9 nitrogen and oxygen atoms in total. The first kappa shape index (κ1) is 25.1. The van der Waals surface area contributed by atoms with Crippen LogP contribution in [0, 0.1) is 5.82 Å². The fourth-order valence-corrected chi connectivity index (χ4v) is 5.57. The van der Waals surface area contributed by atoms with Gasteiger partial charge < -0.3 is 10.4 Å². The van der Waals surface area contributed by atoms with E-state index in [9.17, 15) is 17.9 Å². The monoisotopic (exact) mass is 558 g/mol. The molecule has 0 bridgehead atoms. The number of nitrogens with zero attached hydrogens (tertiary/aromatic N) is 4. The topological polar surface area (TPSA) is 122 Å². The molecule has 0 saturated heterocycles. The van der Waals surface area contributed by atoms with Gasteiger partial charge in [0.2, 0.25) is 16.0 Å². The van der Waals surface area contributed by atoms with Gasteiger partial charge in [0.25, 0.3) is 0 Å². The van der Waals surface area contributed by atoms with Gasteiger partial charge in [-0.3, -0.25) is 4.40 Å². The Balaban J connectivity index is 1.29. The van der Waals surface area contributed by atoms with Gasteiger partial charge in [-0.05, 0) is 55.0 Å². The first-order chi connectivity index (χ1) is 17.8. The molecule has 13 heteroatoms. The van der Waals surface area contributed by atoms with Crippen LogP contribution >= 0.6 is 22.9 Å². The Hall–Kier alpha value is -3.58. The Morgan fingerprint density at radius 3 is 2.68 bits per heavy atom. The molecule has 0 atom stereocenters. The first-order valence-corrected chi connectivity index (χ1v) is 13.8. The quantitative estimate of drug-likeness (QED) is 0.222. The Bertz CT molecular complexity index is 1670. The molecule has 0 aliphatic heterocycles. The number of phenols is 1. The number of phenolic OH excluding ortho intramolecular Hbond substituents is 1. The third-order valence-electron chi connectivity index (χ3n) is 5.43. The second-order valence-electron chi connectivity index (χ2n) is 7.93. The molecule has 0 saturated carbocycles. The van der Waals surface area contributed by atoms with E-state index in [1.165, 1.54) is 47.7 Å². The molecule has 3 heterocycles. The van der Waals surface area contributed by atoms with Crippen molar-refractivity contribution in [3.05, 3.63) is 77.1 Å². The average molecular weight is 559 g/mol. The fourth-order valence-electron chi connectivity index (χ4n) is 3.66. The molecule has 5 aromatic rings. The zero-order chi connectivity index (χ0) is 26.0. The summed E-state index contributed by atoms with van der Waals surface area (Å²) < 4.78 is 42.8. The van der Waals surface area contributed by atoms with E-state index in [4.69, 9.17) is 11.6 Å². The maximum atomic E-state index is 13.6. The second-order valence-corrected chi connectivity index (χ2v) is 11.0. The number of fused-ring (bicyclic) bond motifs is 1. The van der Waals surface area contributed by atoms with Gasteiger partial charge in [-0.15, -0.1) is 11.3 Å². The number of hydrogen-bond donors (Lipinski definition) is 3. The molecule has 190 valence electrons. The average Bonchev–Trinajstić information content (AvgIpc) is 3.47. The van der Waals surface area contributed by atoms with Crippen LogP contribution in [0.15, 0.2) is 71.2 Å².